The second-order valence-electron chi connectivity index (χ2n) is 7.72. The Balaban J connectivity index is 2.21. The first-order chi connectivity index (χ1) is 12.0. The molecular weight excluding hydrogens is 411 g/mol. The van der Waals surface area contributed by atoms with Crippen LogP contribution in [-0.2, 0) is 22.0 Å². The molecule has 142 valence electrons. The largest absolute Gasteiger partial charge is 0.320 e. The van der Waals surface area contributed by atoms with Crippen molar-refractivity contribution in [3.8, 4) is 0 Å². The van der Waals surface area contributed by atoms with Gasteiger partial charge in [0.15, 0.2) is 0 Å². The second-order valence-corrected chi connectivity index (χ2v) is 11.1. The SMILES string of the molecule is Cc1c(C(C)(C)C)sc(=NS(=O)(=O)c2c(Cl)cccc2Cl)n1CC1CC1. The first-order valence-corrected chi connectivity index (χ1v) is 11.5. The lowest BCUT2D eigenvalue weighted by molar-refractivity contribution is 0.562. The highest BCUT2D eigenvalue weighted by molar-refractivity contribution is 7.90. The third kappa shape index (κ3) is 4.03. The van der Waals surface area contributed by atoms with Crippen molar-refractivity contribution < 1.29 is 8.42 Å². The summed E-state index contributed by atoms with van der Waals surface area (Å²) in [5.41, 5.74) is 0.994. The van der Waals surface area contributed by atoms with Gasteiger partial charge in [0.1, 0.15) is 4.90 Å². The number of benzene rings is 1. The van der Waals surface area contributed by atoms with Crippen LogP contribution in [0.1, 0.15) is 44.2 Å². The number of hydrogen-bond donors (Lipinski definition) is 0. The van der Waals surface area contributed by atoms with E-state index >= 15 is 0 Å². The highest BCUT2D eigenvalue weighted by Crippen LogP contribution is 2.34. The van der Waals surface area contributed by atoms with Gasteiger partial charge in [0.25, 0.3) is 10.0 Å². The van der Waals surface area contributed by atoms with Gasteiger partial charge in [-0.25, -0.2) is 0 Å². The summed E-state index contributed by atoms with van der Waals surface area (Å²) in [5.74, 6) is 0.599. The molecule has 1 heterocycles. The maximum atomic E-state index is 12.9. The topological polar surface area (TPSA) is 51.4 Å². The quantitative estimate of drug-likeness (QED) is 0.669. The van der Waals surface area contributed by atoms with Crippen LogP contribution in [0.4, 0.5) is 0 Å². The van der Waals surface area contributed by atoms with Crippen molar-refractivity contribution in [2.75, 3.05) is 0 Å². The van der Waals surface area contributed by atoms with E-state index in [1.165, 1.54) is 36.3 Å². The van der Waals surface area contributed by atoms with E-state index in [0.717, 1.165) is 17.1 Å². The molecule has 0 unspecified atom stereocenters. The van der Waals surface area contributed by atoms with Crippen LogP contribution in [0.15, 0.2) is 27.5 Å². The van der Waals surface area contributed by atoms with Crippen LogP contribution in [0.25, 0.3) is 0 Å². The minimum absolute atomic E-state index is 0.0827. The molecule has 1 aromatic carbocycles. The molecule has 0 radical (unpaired) electrons. The van der Waals surface area contributed by atoms with Crippen molar-refractivity contribution in [3.05, 3.63) is 43.6 Å². The normalized spacial score (nSPS) is 16.3. The Labute approximate surface area is 168 Å². The fourth-order valence-electron chi connectivity index (χ4n) is 2.90. The van der Waals surface area contributed by atoms with Gasteiger partial charge < -0.3 is 4.57 Å². The van der Waals surface area contributed by atoms with Gasteiger partial charge in [-0.15, -0.1) is 15.7 Å². The van der Waals surface area contributed by atoms with E-state index in [1.54, 1.807) is 6.07 Å². The first kappa shape index (κ1) is 19.9. The standard InChI is InChI=1S/C18H22Cl2N2O2S2/c1-11-16(18(2,3)4)25-17(22(11)10-12-8-9-12)21-26(23,24)15-13(19)6-5-7-14(15)20/h5-7,12H,8-10H2,1-4H3. The molecule has 26 heavy (non-hydrogen) atoms. The van der Waals surface area contributed by atoms with Crippen molar-refractivity contribution >= 4 is 44.6 Å². The van der Waals surface area contributed by atoms with Gasteiger partial charge in [-0.3, -0.25) is 0 Å². The number of nitrogens with zero attached hydrogens (tertiary/aromatic N) is 2. The smallest absolute Gasteiger partial charge is 0.287 e. The molecule has 3 rings (SSSR count). The molecule has 0 spiro atoms. The van der Waals surface area contributed by atoms with Gasteiger partial charge in [0.05, 0.1) is 10.0 Å². The minimum Gasteiger partial charge on any atom is -0.320 e. The Hall–Kier alpha value is -0.820. The zero-order valence-corrected chi connectivity index (χ0v) is 18.4. The van der Waals surface area contributed by atoms with Crippen LogP contribution < -0.4 is 4.80 Å². The first-order valence-electron chi connectivity index (χ1n) is 8.46. The van der Waals surface area contributed by atoms with Crippen molar-refractivity contribution in [2.45, 2.75) is 57.4 Å². The molecule has 0 atom stereocenters. The Morgan fingerprint density at radius 3 is 2.31 bits per heavy atom. The van der Waals surface area contributed by atoms with Crippen LogP contribution in [0.2, 0.25) is 10.0 Å². The maximum absolute atomic E-state index is 12.9. The minimum atomic E-state index is -4.01. The fraction of sp³-hybridized carbons (Fsp3) is 0.500. The monoisotopic (exact) mass is 432 g/mol. The summed E-state index contributed by atoms with van der Waals surface area (Å²) in [5, 5.41) is 0.165. The van der Waals surface area contributed by atoms with E-state index in [4.69, 9.17) is 23.2 Å². The number of thiazole rings is 1. The van der Waals surface area contributed by atoms with E-state index in [1.807, 2.05) is 11.5 Å². The molecule has 2 aromatic rings. The van der Waals surface area contributed by atoms with Crippen LogP contribution in [-0.4, -0.2) is 13.0 Å². The van der Waals surface area contributed by atoms with Crippen molar-refractivity contribution in [1.29, 1.82) is 0 Å². The molecule has 4 nitrogen and oxygen atoms in total. The summed E-state index contributed by atoms with van der Waals surface area (Å²) in [4.78, 5) is 1.48. The molecule has 0 aliphatic heterocycles. The van der Waals surface area contributed by atoms with E-state index in [2.05, 4.69) is 25.2 Å². The molecule has 8 heteroatoms. The van der Waals surface area contributed by atoms with Gasteiger partial charge in [-0.2, -0.15) is 8.42 Å². The van der Waals surface area contributed by atoms with E-state index in [-0.39, 0.29) is 20.4 Å². The zero-order valence-electron chi connectivity index (χ0n) is 15.2. The summed E-state index contributed by atoms with van der Waals surface area (Å²) in [7, 11) is -4.01. The van der Waals surface area contributed by atoms with Gasteiger partial charge in [-0.1, -0.05) is 50.0 Å². The number of rotatable bonds is 4. The number of sulfonamides is 1. The molecule has 1 fully saturated rings. The Morgan fingerprint density at radius 1 is 1.23 bits per heavy atom. The molecule has 1 aliphatic rings. The third-order valence-electron chi connectivity index (χ3n) is 4.35. The molecular formula is C18H22Cl2N2O2S2. The molecule has 1 aliphatic carbocycles. The molecule has 0 saturated heterocycles. The highest BCUT2D eigenvalue weighted by Gasteiger charge is 2.28. The summed E-state index contributed by atoms with van der Waals surface area (Å²) in [6.45, 7) is 9.19. The lowest BCUT2D eigenvalue weighted by Crippen LogP contribution is -2.20. The third-order valence-corrected chi connectivity index (χ3v) is 8.30. The molecule has 1 saturated carbocycles. The van der Waals surface area contributed by atoms with E-state index < -0.39 is 10.0 Å². The molecule has 1 aromatic heterocycles. The van der Waals surface area contributed by atoms with Gasteiger partial charge in [0.2, 0.25) is 4.80 Å². The summed E-state index contributed by atoms with van der Waals surface area (Å²) >= 11 is 13.6. The Bertz CT molecular complexity index is 991. The van der Waals surface area contributed by atoms with E-state index in [0.29, 0.717) is 10.7 Å². The maximum Gasteiger partial charge on any atom is 0.287 e. The van der Waals surface area contributed by atoms with Crippen LogP contribution in [0.5, 0.6) is 0 Å². The number of halogens is 2. The fourth-order valence-corrected chi connectivity index (χ4v) is 6.42. The lowest BCUT2D eigenvalue weighted by Gasteiger charge is -2.17. The average Bonchev–Trinajstić information content (AvgIpc) is 3.25. The van der Waals surface area contributed by atoms with E-state index in [9.17, 15) is 8.42 Å². The Morgan fingerprint density at radius 2 is 1.81 bits per heavy atom. The van der Waals surface area contributed by atoms with Crippen molar-refractivity contribution in [1.82, 2.24) is 4.57 Å². The molecule has 0 N–H and O–H groups in total. The highest BCUT2D eigenvalue weighted by atomic mass is 35.5. The van der Waals surface area contributed by atoms with Crippen LogP contribution in [0.3, 0.4) is 0 Å². The van der Waals surface area contributed by atoms with Crippen molar-refractivity contribution in [2.24, 2.45) is 10.3 Å². The zero-order chi connectivity index (χ0) is 19.3. The van der Waals surface area contributed by atoms with Crippen LogP contribution in [0, 0.1) is 12.8 Å². The summed E-state index contributed by atoms with van der Waals surface area (Å²) < 4.78 is 32.0. The summed E-state index contributed by atoms with van der Waals surface area (Å²) in [6.07, 6.45) is 2.35. The summed E-state index contributed by atoms with van der Waals surface area (Å²) in [6, 6.07) is 4.63. The predicted octanol–water partition coefficient (Wildman–Crippen LogP) is 5.16. The molecule has 0 bridgehead atoms. The van der Waals surface area contributed by atoms with Gasteiger partial charge in [0, 0.05) is 17.1 Å². The lowest BCUT2D eigenvalue weighted by atomic mass is 9.93. The van der Waals surface area contributed by atoms with Crippen molar-refractivity contribution in [3.63, 3.8) is 0 Å². The predicted molar refractivity (Wildman–Crippen MR) is 108 cm³/mol. The molecule has 0 amide bonds. The van der Waals surface area contributed by atoms with Gasteiger partial charge in [-0.05, 0) is 43.2 Å². The van der Waals surface area contributed by atoms with Gasteiger partial charge >= 0.3 is 0 Å². The Kier molecular flexibility index (Phi) is 5.34. The van der Waals surface area contributed by atoms with Crippen LogP contribution >= 0.6 is 34.5 Å². The number of aromatic nitrogens is 1. The average molecular weight is 433 g/mol. The number of hydrogen-bond acceptors (Lipinski definition) is 3. The second kappa shape index (κ2) is 6.97.